The lowest BCUT2D eigenvalue weighted by Crippen LogP contribution is -2.07. The third-order valence-corrected chi connectivity index (χ3v) is 5.09. The van der Waals surface area contributed by atoms with Crippen LogP contribution in [0.4, 0.5) is 0 Å². The van der Waals surface area contributed by atoms with Gasteiger partial charge in [-0.2, -0.15) is 8.42 Å². The van der Waals surface area contributed by atoms with Crippen molar-refractivity contribution < 1.29 is 17.7 Å². The van der Waals surface area contributed by atoms with Crippen LogP contribution in [0.25, 0.3) is 0 Å². The zero-order chi connectivity index (χ0) is 18.8. The van der Waals surface area contributed by atoms with E-state index in [9.17, 15) is 8.42 Å². The largest absolute Gasteiger partial charge is 0.392 e. The molecule has 0 aromatic heterocycles. The molecule has 25 heavy (non-hydrogen) atoms. The van der Waals surface area contributed by atoms with Crippen LogP contribution in [0.3, 0.4) is 0 Å². The molecule has 0 saturated heterocycles. The lowest BCUT2D eigenvalue weighted by Gasteiger charge is -2.05. The summed E-state index contributed by atoms with van der Waals surface area (Å²) in [4.78, 5) is 0.238. The number of aliphatic hydroxyl groups is 1. The van der Waals surface area contributed by atoms with Crippen LogP contribution in [0.5, 0.6) is 0 Å². The van der Waals surface area contributed by atoms with E-state index in [0.717, 1.165) is 12.8 Å². The SMILES string of the molecule is CCCCCCCCCCCCOS(=O)(=O)c1ccccc1.OCP. The lowest BCUT2D eigenvalue weighted by molar-refractivity contribution is 0.306. The van der Waals surface area contributed by atoms with Crippen molar-refractivity contribution in [1.82, 2.24) is 0 Å². The van der Waals surface area contributed by atoms with E-state index in [4.69, 9.17) is 9.29 Å². The fraction of sp³-hybridized carbons (Fsp3) is 0.684. The first-order valence-electron chi connectivity index (χ1n) is 9.34. The average Bonchev–Trinajstić information content (AvgIpc) is 2.61. The van der Waals surface area contributed by atoms with Crippen LogP contribution in [0.1, 0.15) is 71.1 Å². The highest BCUT2D eigenvalue weighted by atomic mass is 32.2. The summed E-state index contributed by atoms with van der Waals surface area (Å²) in [7, 11) is -1.44. The number of hydrogen-bond donors (Lipinski definition) is 1. The Morgan fingerprint density at radius 3 is 1.80 bits per heavy atom. The van der Waals surface area contributed by atoms with Gasteiger partial charge in [0.05, 0.1) is 17.9 Å². The Labute approximate surface area is 156 Å². The summed E-state index contributed by atoms with van der Waals surface area (Å²) in [6.07, 6.45) is 12.4. The Hall–Kier alpha value is -0.480. The first-order chi connectivity index (χ1) is 12.1. The Morgan fingerprint density at radius 1 is 0.880 bits per heavy atom. The third kappa shape index (κ3) is 14.4. The van der Waals surface area contributed by atoms with Gasteiger partial charge in [-0.1, -0.05) is 82.9 Å². The number of rotatable bonds is 13. The highest BCUT2D eigenvalue weighted by molar-refractivity contribution is 7.86. The van der Waals surface area contributed by atoms with E-state index in [-0.39, 0.29) is 17.9 Å². The van der Waals surface area contributed by atoms with E-state index in [1.165, 1.54) is 51.4 Å². The maximum atomic E-state index is 11.9. The smallest absolute Gasteiger partial charge is 0.296 e. The first-order valence-corrected chi connectivity index (χ1v) is 11.6. The molecule has 1 aromatic carbocycles. The second-order valence-electron chi connectivity index (χ2n) is 5.95. The van der Waals surface area contributed by atoms with E-state index in [1.54, 1.807) is 30.3 Å². The van der Waals surface area contributed by atoms with Crippen molar-refractivity contribution in [3.05, 3.63) is 30.3 Å². The fourth-order valence-corrected chi connectivity index (χ4v) is 3.38. The Morgan fingerprint density at radius 2 is 1.32 bits per heavy atom. The summed E-state index contributed by atoms with van der Waals surface area (Å²) in [5.41, 5.74) is 0. The van der Waals surface area contributed by atoms with Gasteiger partial charge in [-0.3, -0.25) is 4.18 Å². The van der Waals surface area contributed by atoms with E-state index in [1.807, 2.05) is 0 Å². The van der Waals surface area contributed by atoms with Crippen molar-refractivity contribution in [3.63, 3.8) is 0 Å². The van der Waals surface area contributed by atoms with Gasteiger partial charge in [-0.25, -0.2) is 0 Å². The van der Waals surface area contributed by atoms with Gasteiger partial charge in [0.2, 0.25) is 0 Å². The van der Waals surface area contributed by atoms with Crippen LogP contribution >= 0.6 is 9.24 Å². The third-order valence-electron chi connectivity index (χ3n) is 3.77. The predicted molar refractivity (Wildman–Crippen MR) is 108 cm³/mol. The van der Waals surface area contributed by atoms with Gasteiger partial charge in [-0.05, 0) is 18.6 Å². The number of benzene rings is 1. The minimum Gasteiger partial charge on any atom is -0.392 e. The Bertz CT molecular complexity index is 491. The number of hydrogen-bond acceptors (Lipinski definition) is 4. The van der Waals surface area contributed by atoms with Crippen molar-refractivity contribution in [3.8, 4) is 0 Å². The molecule has 0 radical (unpaired) electrons. The van der Waals surface area contributed by atoms with Crippen LogP contribution in [0, 0.1) is 0 Å². The molecule has 0 aliphatic rings. The van der Waals surface area contributed by atoms with Gasteiger partial charge in [0.15, 0.2) is 0 Å². The standard InChI is InChI=1S/C18H30O3S.CH5OP/c1-2-3-4-5-6-7-8-9-10-14-17-21-22(19,20)18-15-12-11-13-16-18;2-1-3/h11-13,15-16H,2-10,14,17H2,1H3;2H,1,3H2. The van der Waals surface area contributed by atoms with Crippen molar-refractivity contribution in [1.29, 1.82) is 0 Å². The monoisotopic (exact) mass is 390 g/mol. The van der Waals surface area contributed by atoms with Crippen LogP contribution in [-0.4, -0.2) is 26.5 Å². The van der Waals surface area contributed by atoms with E-state index in [0.29, 0.717) is 0 Å². The molecule has 0 aliphatic heterocycles. The molecule has 1 aromatic rings. The Kier molecular flexibility index (Phi) is 16.6. The number of unbranched alkanes of at least 4 members (excludes halogenated alkanes) is 9. The molecule has 146 valence electrons. The molecule has 1 unspecified atom stereocenters. The van der Waals surface area contributed by atoms with Gasteiger partial charge >= 0.3 is 0 Å². The average molecular weight is 391 g/mol. The zero-order valence-corrected chi connectivity index (χ0v) is 17.5. The minimum absolute atomic E-state index is 0.167. The molecular weight excluding hydrogens is 355 g/mol. The minimum atomic E-state index is -3.57. The van der Waals surface area contributed by atoms with E-state index in [2.05, 4.69) is 16.2 Å². The van der Waals surface area contributed by atoms with Gasteiger partial charge < -0.3 is 5.11 Å². The topological polar surface area (TPSA) is 63.6 Å². The first kappa shape index (κ1) is 24.5. The molecule has 1 N–H and O–H groups in total. The van der Waals surface area contributed by atoms with Crippen molar-refractivity contribution in [2.24, 2.45) is 0 Å². The molecule has 1 rings (SSSR count). The summed E-state index contributed by atoms with van der Waals surface area (Å²) in [5.74, 6) is 0. The molecule has 0 heterocycles. The summed E-state index contributed by atoms with van der Waals surface area (Å²) in [5, 5.41) is 7.53. The zero-order valence-electron chi connectivity index (χ0n) is 15.5. The molecular formula is C19H35O4PS. The molecule has 0 bridgehead atoms. The van der Waals surface area contributed by atoms with Crippen molar-refractivity contribution in [2.45, 2.75) is 76.0 Å². The van der Waals surface area contributed by atoms with Gasteiger partial charge in [0, 0.05) is 0 Å². The van der Waals surface area contributed by atoms with Crippen molar-refractivity contribution in [2.75, 3.05) is 13.0 Å². The normalized spacial score (nSPS) is 11.0. The molecule has 1 atom stereocenters. The van der Waals surface area contributed by atoms with Crippen LogP contribution < -0.4 is 0 Å². The maximum Gasteiger partial charge on any atom is 0.296 e. The molecule has 0 spiro atoms. The molecule has 6 heteroatoms. The molecule has 4 nitrogen and oxygen atoms in total. The van der Waals surface area contributed by atoms with E-state index >= 15 is 0 Å². The van der Waals surface area contributed by atoms with Crippen LogP contribution in [0.2, 0.25) is 0 Å². The summed E-state index contributed by atoms with van der Waals surface area (Å²) >= 11 is 0. The van der Waals surface area contributed by atoms with Gasteiger partial charge in [0.1, 0.15) is 0 Å². The summed E-state index contributed by atoms with van der Waals surface area (Å²) in [6, 6.07) is 8.33. The predicted octanol–water partition coefficient (Wildman–Crippen LogP) is 5.12. The molecule has 0 fully saturated rings. The molecule has 0 amide bonds. The highest BCUT2D eigenvalue weighted by Gasteiger charge is 2.13. The summed E-state index contributed by atoms with van der Waals surface area (Å²) in [6.45, 7) is 2.52. The van der Waals surface area contributed by atoms with Crippen LogP contribution in [-0.2, 0) is 14.3 Å². The van der Waals surface area contributed by atoms with Gasteiger partial charge in [0.25, 0.3) is 10.1 Å². The second-order valence-corrected chi connectivity index (χ2v) is 7.93. The quantitative estimate of drug-likeness (QED) is 0.288. The van der Waals surface area contributed by atoms with Crippen LogP contribution in [0.15, 0.2) is 35.2 Å². The second kappa shape index (κ2) is 17.0. The van der Waals surface area contributed by atoms with Gasteiger partial charge in [-0.15, -0.1) is 9.24 Å². The summed E-state index contributed by atoms with van der Waals surface area (Å²) < 4.78 is 28.8. The molecule has 0 aliphatic carbocycles. The lowest BCUT2D eigenvalue weighted by atomic mass is 10.1. The molecule has 0 saturated carbocycles. The maximum absolute atomic E-state index is 11.9. The number of aliphatic hydroxyl groups excluding tert-OH is 1. The fourth-order valence-electron chi connectivity index (χ4n) is 2.41. The highest BCUT2D eigenvalue weighted by Crippen LogP contribution is 2.13. The Balaban J connectivity index is 0.00000178. The van der Waals surface area contributed by atoms with E-state index < -0.39 is 10.1 Å². The van der Waals surface area contributed by atoms with Crippen molar-refractivity contribution >= 4 is 19.4 Å².